The predicted octanol–water partition coefficient (Wildman–Crippen LogP) is 3.79. The average molecular weight is 379 g/mol. The van der Waals surface area contributed by atoms with E-state index < -0.39 is 17.5 Å². The molecule has 0 unspecified atom stereocenters. The minimum atomic E-state index is -1.09. The lowest BCUT2D eigenvalue weighted by Crippen LogP contribution is -2.27. The molecule has 0 spiro atoms. The van der Waals surface area contributed by atoms with Gasteiger partial charge in [0.25, 0.3) is 5.91 Å². The second-order valence-electron chi connectivity index (χ2n) is 5.45. The Labute approximate surface area is 151 Å². The molecule has 2 aromatic heterocycles. The lowest BCUT2D eigenvalue weighted by Gasteiger charge is -2.09. The first kappa shape index (κ1) is 18.0. The van der Waals surface area contributed by atoms with Crippen LogP contribution in [0, 0.1) is 18.6 Å². The van der Waals surface area contributed by atoms with Gasteiger partial charge in [0.1, 0.15) is 6.26 Å². The Morgan fingerprint density at radius 1 is 1.38 bits per heavy atom. The molecule has 6 nitrogen and oxygen atoms in total. The molecule has 2 heterocycles. The largest absolute Gasteiger partial charge is 0.481 e. The van der Waals surface area contributed by atoms with Gasteiger partial charge in [-0.2, -0.15) is 4.39 Å². The minimum Gasteiger partial charge on any atom is -0.481 e. The number of aryl methyl sites for hydroxylation is 1. The van der Waals surface area contributed by atoms with Crippen LogP contribution >= 0.6 is 11.3 Å². The van der Waals surface area contributed by atoms with Crippen LogP contribution in [0.3, 0.4) is 0 Å². The molecule has 0 fully saturated rings. The van der Waals surface area contributed by atoms with Crippen LogP contribution in [0.15, 0.2) is 34.3 Å². The van der Waals surface area contributed by atoms with E-state index >= 15 is 0 Å². The van der Waals surface area contributed by atoms with Crippen molar-refractivity contribution < 1.29 is 22.7 Å². The van der Waals surface area contributed by atoms with Crippen molar-refractivity contribution >= 4 is 17.2 Å². The van der Waals surface area contributed by atoms with Gasteiger partial charge in [0.2, 0.25) is 11.7 Å². The Hall–Kier alpha value is -2.81. The maximum Gasteiger partial charge on any atom is 0.273 e. The average Bonchev–Trinajstić information content (AvgIpc) is 3.25. The molecule has 0 aliphatic heterocycles. The fourth-order valence-corrected chi connectivity index (χ4v) is 2.85. The third-order valence-electron chi connectivity index (χ3n) is 3.48. The Bertz CT molecular complexity index is 926. The summed E-state index contributed by atoms with van der Waals surface area (Å²) in [5, 5.41) is 5.54. The van der Waals surface area contributed by atoms with E-state index in [2.05, 4.69) is 15.3 Å². The van der Waals surface area contributed by atoms with Gasteiger partial charge in [0.15, 0.2) is 23.9 Å². The molecule has 0 aliphatic rings. The van der Waals surface area contributed by atoms with E-state index in [1.807, 2.05) is 19.2 Å². The molecule has 1 amide bonds. The highest BCUT2D eigenvalue weighted by atomic mass is 32.1. The number of benzene rings is 1. The molecule has 9 heteroatoms. The van der Waals surface area contributed by atoms with Gasteiger partial charge >= 0.3 is 0 Å². The van der Waals surface area contributed by atoms with E-state index in [-0.39, 0.29) is 30.0 Å². The van der Waals surface area contributed by atoms with Crippen molar-refractivity contribution in [1.82, 2.24) is 15.3 Å². The number of carbonyl (C=O) groups excluding carboxylic acids is 1. The Kier molecular flexibility index (Phi) is 5.27. The van der Waals surface area contributed by atoms with Gasteiger partial charge in [0, 0.05) is 5.38 Å². The fourth-order valence-electron chi connectivity index (χ4n) is 2.14. The maximum atomic E-state index is 13.5. The summed E-state index contributed by atoms with van der Waals surface area (Å²) in [5.74, 6) is -2.74. The highest BCUT2D eigenvalue weighted by molar-refractivity contribution is 7.09. The molecule has 136 valence electrons. The number of aromatic nitrogens is 2. The first-order chi connectivity index (χ1) is 12.4. The minimum absolute atomic E-state index is 0.0575. The first-order valence-corrected chi connectivity index (χ1v) is 8.56. The summed E-state index contributed by atoms with van der Waals surface area (Å²) in [6.45, 7) is 3.45. The van der Waals surface area contributed by atoms with Gasteiger partial charge in [-0.15, -0.1) is 11.3 Å². The van der Waals surface area contributed by atoms with Crippen molar-refractivity contribution in [2.75, 3.05) is 0 Å². The zero-order valence-corrected chi connectivity index (χ0v) is 14.8. The van der Waals surface area contributed by atoms with Crippen LogP contribution in [0.5, 0.6) is 5.75 Å². The molecule has 0 aliphatic carbocycles. The van der Waals surface area contributed by atoms with Crippen molar-refractivity contribution in [1.29, 1.82) is 0 Å². The van der Waals surface area contributed by atoms with Crippen molar-refractivity contribution in [3.63, 3.8) is 0 Å². The smallest absolute Gasteiger partial charge is 0.273 e. The van der Waals surface area contributed by atoms with Crippen LogP contribution in [0.4, 0.5) is 8.78 Å². The van der Waals surface area contributed by atoms with Gasteiger partial charge in [-0.25, -0.2) is 14.4 Å². The fraction of sp³-hybridized carbons (Fsp3) is 0.235. The first-order valence-electron chi connectivity index (χ1n) is 7.68. The van der Waals surface area contributed by atoms with Gasteiger partial charge < -0.3 is 14.5 Å². The topological polar surface area (TPSA) is 77.2 Å². The SMILES string of the molecule is Cc1nc([C@H](C)NC(=O)c2coc(COc3cccc(F)c3F)n2)cs1. The zero-order valence-electron chi connectivity index (χ0n) is 14.0. The summed E-state index contributed by atoms with van der Waals surface area (Å²) < 4.78 is 36.9. The maximum absolute atomic E-state index is 13.5. The van der Waals surface area contributed by atoms with Crippen molar-refractivity contribution in [2.24, 2.45) is 0 Å². The number of amides is 1. The molecule has 1 N–H and O–H groups in total. The van der Waals surface area contributed by atoms with Crippen LogP contribution in [-0.4, -0.2) is 15.9 Å². The second kappa shape index (κ2) is 7.61. The molecular weight excluding hydrogens is 364 g/mol. The third kappa shape index (κ3) is 4.05. The summed E-state index contributed by atoms with van der Waals surface area (Å²) >= 11 is 1.50. The zero-order chi connectivity index (χ0) is 18.7. The van der Waals surface area contributed by atoms with E-state index in [0.717, 1.165) is 16.8 Å². The number of hydrogen-bond acceptors (Lipinski definition) is 6. The van der Waals surface area contributed by atoms with Crippen molar-refractivity contribution in [2.45, 2.75) is 26.5 Å². The number of nitrogens with one attached hydrogen (secondary N) is 1. The summed E-state index contributed by atoms with van der Waals surface area (Å²) in [7, 11) is 0. The lowest BCUT2D eigenvalue weighted by molar-refractivity contribution is 0.0934. The van der Waals surface area contributed by atoms with E-state index in [0.29, 0.717) is 0 Å². The molecule has 0 saturated carbocycles. The standard InChI is InChI=1S/C17H15F2N3O3S/c1-9(13-8-26-10(2)21-13)20-17(23)12-6-25-15(22-12)7-24-14-5-3-4-11(18)16(14)19/h3-6,8-9H,7H2,1-2H3,(H,20,23)/t9-/m0/s1. The Balaban J connectivity index is 1.60. The normalized spacial score (nSPS) is 12.0. The van der Waals surface area contributed by atoms with Crippen LogP contribution in [0.25, 0.3) is 0 Å². The van der Waals surface area contributed by atoms with E-state index in [9.17, 15) is 13.6 Å². The number of thiazole rings is 1. The van der Waals surface area contributed by atoms with Gasteiger partial charge in [-0.3, -0.25) is 4.79 Å². The monoisotopic (exact) mass is 379 g/mol. The summed E-state index contributed by atoms with van der Waals surface area (Å²) in [6.07, 6.45) is 1.18. The van der Waals surface area contributed by atoms with Gasteiger partial charge in [-0.05, 0) is 26.0 Å². The van der Waals surface area contributed by atoms with Gasteiger partial charge in [0.05, 0.1) is 16.7 Å². The molecule has 26 heavy (non-hydrogen) atoms. The van der Waals surface area contributed by atoms with Crippen molar-refractivity contribution in [3.8, 4) is 5.75 Å². The summed E-state index contributed by atoms with van der Waals surface area (Å²) in [5.41, 5.74) is 0.816. The second-order valence-corrected chi connectivity index (χ2v) is 6.52. The number of hydrogen-bond donors (Lipinski definition) is 1. The Morgan fingerprint density at radius 2 is 2.19 bits per heavy atom. The highest BCUT2D eigenvalue weighted by Crippen LogP contribution is 2.20. The van der Waals surface area contributed by atoms with Crippen LogP contribution in [0.1, 0.15) is 40.0 Å². The molecule has 1 atom stereocenters. The number of rotatable bonds is 6. The summed E-state index contributed by atoms with van der Waals surface area (Å²) in [4.78, 5) is 20.5. The van der Waals surface area contributed by atoms with E-state index in [1.165, 1.54) is 29.7 Å². The number of carbonyl (C=O) groups is 1. The molecule has 3 rings (SSSR count). The highest BCUT2D eigenvalue weighted by Gasteiger charge is 2.18. The van der Waals surface area contributed by atoms with Crippen molar-refractivity contribution in [3.05, 3.63) is 63.8 Å². The molecule has 0 radical (unpaired) electrons. The Morgan fingerprint density at radius 3 is 2.92 bits per heavy atom. The van der Waals surface area contributed by atoms with E-state index in [4.69, 9.17) is 9.15 Å². The quantitative estimate of drug-likeness (QED) is 0.705. The van der Waals surface area contributed by atoms with Crippen LogP contribution < -0.4 is 10.1 Å². The predicted molar refractivity (Wildman–Crippen MR) is 89.9 cm³/mol. The van der Waals surface area contributed by atoms with Gasteiger partial charge in [-0.1, -0.05) is 6.07 Å². The molecule has 1 aromatic carbocycles. The summed E-state index contributed by atoms with van der Waals surface area (Å²) in [6, 6.07) is 3.31. The third-order valence-corrected chi connectivity index (χ3v) is 4.27. The lowest BCUT2D eigenvalue weighted by atomic mass is 10.2. The number of nitrogens with zero attached hydrogens (tertiary/aromatic N) is 2. The molecular formula is C17H15F2N3O3S. The number of ether oxygens (including phenoxy) is 1. The molecule has 0 bridgehead atoms. The van der Waals surface area contributed by atoms with E-state index in [1.54, 1.807) is 0 Å². The number of halogens is 2. The van der Waals surface area contributed by atoms with Crippen LogP contribution in [-0.2, 0) is 6.61 Å². The molecule has 3 aromatic rings. The number of oxazole rings is 1. The molecule has 0 saturated heterocycles. The van der Waals surface area contributed by atoms with Crippen LogP contribution in [0.2, 0.25) is 0 Å².